The van der Waals surface area contributed by atoms with E-state index in [0.717, 1.165) is 11.3 Å². The van der Waals surface area contributed by atoms with Crippen LogP contribution in [0.3, 0.4) is 0 Å². The Kier molecular flexibility index (Phi) is 1.79. The summed E-state index contributed by atoms with van der Waals surface area (Å²) in [6.07, 6.45) is 0.447. The van der Waals surface area contributed by atoms with Crippen molar-refractivity contribution >= 4 is 5.78 Å². The van der Waals surface area contributed by atoms with Gasteiger partial charge in [0.05, 0.1) is 6.61 Å². The number of nitrogens with zero attached hydrogens (tertiary/aromatic N) is 1. The molecule has 2 rings (SSSR count). The van der Waals surface area contributed by atoms with Crippen molar-refractivity contribution in [3.8, 4) is 5.75 Å². The first-order valence-corrected chi connectivity index (χ1v) is 4.33. The summed E-state index contributed by atoms with van der Waals surface area (Å²) in [4.78, 5) is 15.6. The van der Waals surface area contributed by atoms with Gasteiger partial charge in [0, 0.05) is 12.1 Å². The van der Waals surface area contributed by atoms with Gasteiger partial charge >= 0.3 is 0 Å². The Labute approximate surface area is 76.7 Å². The van der Waals surface area contributed by atoms with E-state index in [9.17, 15) is 4.79 Å². The van der Waals surface area contributed by atoms with E-state index in [0.29, 0.717) is 24.5 Å². The quantitative estimate of drug-likeness (QED) is 0.605. The molecule has 0 N–H and O–H groups in total. The number of rotatable bonds is 0. The lowest BCUT2D eigenvalue weighted by Crippen LogP contribution is -2.17. The Balaban J connectivity index is 2.58. The van der Waals surface area contributed by atoms with Crippen LogP contribution in [0.2, 0.25) is 0 Å². The van der Waals surface area contributed by atoms with Gasteiger partial charge in [0.25, 0.3) is 0 Å². The Bertz CT molecular complexity index is 371. The molecule has 0 saturated carbocycles. The van der Waals surface area contributed by atoms with Crippen molar-refractivity contribution in [2.24, 2.45) is 0 Å². The Hall–Kier alpha value is -1.38. The first-order chi connectivity index (χ1) is 6.18. The molecule has 68 valence electrons. The van der Waals surface area contributed by atoms with Gasteiger partial charge in [-0.15, -0.1) is 0 Å². The predicted molar refractivity (Wildman–Crippen MR) is 48.2 cm³/mol. The second-order valence-corrected chi connectivity index (χ2v) is 3.26. The van der Waals surface area contributed by atoms with E-state index >= 15 is 0 Å². The second kappa shape index (κ2) is 2.83. The van der Waals surface area contributed by atoms with Crippen molar-refractivity contribution in [1.82, 2.24) is 4.98 Å². The summed E-state index contributed by atoms with van der Waals surface area (Å²) >= 11 is 0. The average molecular weight is 177 g/mol. The van der Waals surface area contributed by atoms with Crippen molar-refractivity contribution in [2.75, 3.05) is 6.61 Å². The highest BCUT2D eigenvalue weighted by atomic mass is 16.5. The van der Waals surface area contributed by atoms with Crippen LogP contribution in [0.25, 0.3) is 0 Å². The van der Waals surface area contributed by atoms with Crippen LogP contribution in [0, 0.1) is 13.8 Å². The molecule has 0 amide bonds. The first kappa shape index (κ1) is 8.23. The molecular formula is C10H11NO2. The smallest absolute Gasteiger partial charge is 0.188 e. The summed E-state index contributed by atoms with van der Waals surface area (Å²) in [7, 11) is 0. The number of pyridine rings is 1. The summed E-state index contributed by atoms with van der Waals surface area (Å²) < 4.78 is 5.35. The SMILES string of the molecule is Cc1cc2c(nc1C)C(=O)CCO2. The second-order valence-electron chi connectivity index (χ2n) is 3.26. The highest BCUT2D eigenvalue weighted by Gasteiger charge is 2.20. The van der Waals surface area contributed by atoms with E-state index in [4.69, 9.17) is 4.74 Å². The van der Waals surface area contributed by atoms with Gasteiger partial charge in [0.15, 0.2) is 5.78 Å². The molecule has 0 radical (unpaired) electrons. The zero-order valence-electron chi connectivity index (χ0n) is 7.76. The molecule has 0 bridgehead atoms. The number of fused-ring (bicyclic) bond motifs is 1. The topological polar surface area (TPSA) is 39.2 Å². The molecule has 13 heavy (non-hydrogen) atoms. The zero-order valence-corrected chi connectivity index (χ0v) is 7.76. The number of Topliss-reactive ketones (excluding diaryl/α,β-unsaturated/α-hetero) is 1. The fraction of sp³-hybridized carbons (Fsp3) is 0.400. The maximum absolute atomic E-state index is 11.4. The van der Waals surface area contributed by atoms with E-state index in [-0.39, 0.29) is 5.78 Å². The van der Waals surface area contributed by atoms with Gasteiger partial charge in [-0.05, 0) is 25.5 Å². The van der Waals surface area contributed by atoms with Gasteiger partial charge < -0.3 is 4.74 Å². The van der Waals surface area contributed by atoms with E-state index in [2.05, 4.69) is 4.98 Å². The summed E-state index contributed by atoms with van der Waals surface area (Å²) in [6.45, 7) is 4.35. The minimum absolute atomic E-state index is 0.0874. The summed E-state index contributed by atoms with van der Waals surface area (Å²) in [5.41, 5.74) is 2.46. The van der Waals surface area contributed by atoms with Crippen LogP contribution in [0.5, 0.6) is 5.75 Å². The van der Waals surface area contributed by atoms with Crippen LogP contribution >= 0.6 is 0 Å². The molecule has 0 spiro atoms. The molecular weight excluding hydrogens is 166 g/mol. The van der Waals surface area contributed by atoms with Crippen LogP contribution in [0.1, 0.15) is 28.2 Å². The Morgan fingerprint density at radius 2 is 2.23 bits per heavy atom. The van der Waals surface area contributed by atoms with E-state index < -0.39 is 0 Å². The lowest BCUT2D eigenvalue weighted by molar-refractivity contribution is 0.0926. The number of ketones is 1. The van der Waals surface area contributed by atoms with Crippen LogP contribution in [-0.2, 0) is 0 Å². The van der Waals surface area contributed by atoms with Gasteiger partial charge in [0.1, 0.15) is 11.4 Å². The molecule has 0 aliphatic carbocycles. The van der Waals surface area contributed by atoms with Gasteiger partial charge in [-0.25, -0.2) is 4.98 Å². The maximum atomic E-state index is 11.4. The van der Waals surface area contributed by atoms with Crippen molar-refractivity contribution in [2.45, 2.75) is 20.3 Å². The molecule has 0 aromatic carbocycles. The number of carbonyl (C=O) groups excluding carboxylic acids is 1. The highest BCUT2D eigenvalue weighted by Crippen LogP contribution is 2.24. The standard InChI is InChI=1S/C10H11NO2/c1-6-5-9-10(11-7(6)2)8(12)3-4-13-9/h5H,3-4H2,1-2H3. The minimum Gasteiger partial charge on any atom is -0.491 e. The fourth-order valence-electron chi connectivity index (χ4n) is 1.36. The highest BCUT2D eigenvalue weighted by molar-refractivity contribution is 5.97. The zero-order chi connectivity index (χ0) is 9.42. The molecule has 1 aliphatic rings. The molecule has 0 saturated heterocycles. The maximum Gasteiger partial charge on any atom is 0.188 e. The number of hydrogen-bond donors (Lipinski definition) is 0. The lowest BCUT2D eigenvalue weighted by atomic mass is 10.1. The van der Waals surface area contributed by atoms with Crippen molar-refractivity contribution in [3.05, 3.63) is 23.0 Å². The van der Waals surface area contributed by atoms with Crippen LogP contribution < -0.4 is 4.74 Å². The van der Waals surface area contributed by atoms with Gasteiger partial charge in [-0.1, -0.05) is 0 Å². The third kappa shape index (κ3) is 1.30. The van der Waals surface area contributed by atoms with E-state index in [1.807, 2.05) is 19.9 Å². The lowest BCUT2D eigenvalue weighted by Gasteiger charge is -2.16. The first-order valence-electron chi connectivity index (χ1n) is 4.33. The molecule has 0 atom stereocenters. The van der Waals surface area contributed by atoms with Crippen LogP contribution in [0.4, 0.5) is 0 Å². The summed E-state index contributed by atoms with van der Waals surface area (Å²) in [5.74, 6) is 0.726. The normalized spacial score (nSPS) is 15.1. The molecule has 1 aromatic heterocycles. The van der Waals surface area contributed by atoms with Crippen LogP contribution in [0.15, 0.2) is 6.07 Å². The Morgan fingerprint density at radius 1 is 1.46 bits per heavy atom. The molecule has 3 nitrogen and oxygen atoms in total. The minimum atomic E-state index is 0.0874. The average Bonchev–Trinajstić information content (AvgIpc) is 2.09. The summed E-state index contributed by atoms with van der Waals surface area (Å²) in [5, 5.41) is 0. The van der Waals surface area contributed by atoms with Crippen molar-refractivity contribution in [3.63, 3.8) is 0 Å². The molecule has 3 heteroatoms. The number of aromatic nitrogens is 1. The van der Waals surface area contributed by atoms with Gasteiger partial charge in [0.2, 0.25) is 0 Å². The van der Waals surface area contributed by atoms with Gasteiger partial charge in [-0.3, -0.25) is 4.79 Å². The number of aryl methyl sites for hydroxylation is 2. The number of hydrogen-bond acceptors (Lipinski definition) is 3. The Morgan fingerprint density at radius 3 is 3.00 bits per heavy atom. The largest absolute Gasteiger partial charge is 0.491 e. The molecule has 2 heterocycles. The van der Waals surface area contributed by atoms with E-state index in [1.54, 1.807) is 0 Å². The van der Waals surface area contributed by atoms with Gasteiger partial charge in [-0.2, -0.15) is 0 Å². The number of carbonyl (C=O) groups is 1. The molecule has 1 aromatic rings. The monoisotopic (exact) mass is 177 g/mol. The van der Waals surface area contributed by atoms with E-state index in [1.165, 1.54) is 0 Å². The van der Waals surface area contributed by atoms with Crippen molar-refractivity contribution in [1.29, 1.82) is 0 Å². The predicted octanol–water partition coefficient (Wildman–Crippen LogP) is 1.66. The molecule has 1 aliphatic heterocycles. The third-order valence-corrected chi connectivity index (χ3v) is 2.28. The third-order valence-electron chi connectivity index (χ3n) is 2.28. The van der Waals surface area contributed by atoms with Crippen LogP contribution in [-0.4, -0.2) is 17.4 Å². The molecule has 0 unspecified atom stereocenters. The molecule has 0 fully saturated rings. The fourth-order valence-corrected chi connectivity index (χ4v) is 1.36. The number of ether oxygens (including phenoxy) is 1. The summed E-state index contributed by atoms with van der Waals surface area (Å²) in [6, 6.07) is 1.88. The van der Waals surface area contributed by atoms with Crippen molar-refractivity contribution < 1.29 is 9.53 Å².